The summed E-state index contributed by atoms with van der Waals surface area (Å²) in [4.78, 5) is 14.3. The van der Waals surface area contributed by atoms with Crippen LogP contribution in [0.25, 0.3) is 0 Å². The Labute approximate surface area is 150 Å². The number of hydrogen-bond donors (Lipinski definition) is 1. The molecule has 1 heterocycles. The molecule has 2 aromatic rings. The topological polar surface area (TPSA) is 46.3 Å². The second-order valence-corrected chi connectivity index (χ2v) is 6.74. The fraction of sp³-hybridized carbons (Fsp3) is 0.350. The van der Waals surface area contributed by atoms with Crippen LogP contribution in [0.4, 0.5) is 13.2 Å². The van der Waals surface area contributed by atoms with Gasteiger partial charge in [-0.05, 0) is 67.1 Å². The van der Waals surface area contributed by atoms with E-state index < -0.39 is 17.5 Å². The minimum absolute atomic E-state index is 0.0494. The van der Waals surface area contributed by atoms with Gasteiger partial charge < -0.3 is 10.6 Å². The van der Waals surface area contributed by atoms with Crippen LogP contribution in [0.2, 0.25) is 0 Å². The highest BCUT2D eigenvalue weighted by Gasteiger charge is 2.28. The van der Waals surface area contributed by atoms with Gasteiger partial charge in [0.25, 0.3) is 5.91 Å². The lowest BCUT2D eigenvalue weighted by molar-refractivity contribution is 0.0782. The van der Waals surface area contributed by atoms with E-state index in [0.717, 1.165) is 11.6 Å². The van der Waals surface area contributed by atoms with Crippen molar-refractivity contribution in [3.63, 3.8) is 0 Å². The molecule has 0 bridgehead atoms. The van der Waals surface area contributed by atoms with Crippen LogP contribution in [0, 0.1) is 23.4 Å². The number of likely N-dealkylation sites (tertiary alicyclic amines) is 1. The quantitative estimate of drug-likeness (QED) is 0.887. The third-order valence-corrected chi connectivity index (χ3v) is 4.71. The van der Waals surface area contributed by atoms with Gasteiger partial charge in [0.15, 0.2) is 0 Å². The number of carbonyl (C=O) groups is 1. The van der Waals surface area contributed by atoms with Crippen molar-refractivity contribution in [1.82, 2.24) is 4.90 Å². The number of nitrogens with zero attached hydrogens (tertiary/aromatic N) is 1. The lowest BCUT2D eigenvalue weighted by Crippen LogP contribution is -2.29. The summed E-state index contributed by atoms with van der Waals surface area (Å²) in [6.07, 6.45) is 1.77. The summed E-state index contributed by atoms with van der Waals surface area (Å²) in [6, 6.07) is 7.93. The molecule has 0 aromatic heterocycles. The zero-order valence-corrected chi connectivity index (χ0v) is 14.4. The third kappa shape index (κ3) is 4.25. The highest BCUT2D eigenvalue weighted by molar-refractivity contribution is 5.94. The van der Waals surface area contributed by atoms with Crippen molar-refractivity contribution in [2.75, 3.05) is 19.6 Å². The summed E-state index contributed by atoms with van der Waals surface area (Å²) in [5.74, 6) is -2.02. The van der Waals surface area contributed by atoms with Crippen LogP contribution in [0.15, 0.2) is 36.4 Å². The molecule has 0 aliphatic carbocycles. The number of benzene rings is 2. The first-order chi connectivity index (χ1) is 12.5. The summed E-state index contributed by atoms with van der Waals surface area (Å²) in [5.41, 5.74) is 6.96. The van der Waals surface area contributed by atoms with Gasteiger partial charge in [-0.15, -0.1) is 0 Å². The molecular formula is C20H21F3N2O. The number of amides is 1. The standard InChI is InChI=1S/C20H21F3N2O/c21-16-8-15(9-17(22)11-16)7-14-4-6-25(12-14)20(26)18-10-13(3-5-24)1-2-19(18)23/h1-2,8-11,14H,3-7,12,24H2. The van der Waals surface area contributed by atoms with Gasteiger partial charge in [-0.25, -0.2) is 13.2 Å². The van der Waals surface area contributed by atoms with Crippen LogP contribution in [0.5, 0.6) is 0 Å². The highest BCUT2D eigenvalue weighted by atomic mass is 19.1. The maximum Gasteiger partial charge on any atom is 0.256 e. The van der Waals surface area contributed by atoms with Gasteiger partial charge in [-0.2, -0.15) is 0 Å². The predicted molar refractivity (Wildman–Crippen MR) is 93.2 cm³/mol. The number of halogens is 3. The number of nitrogens with two attached hydrogens (primary N) is 1. The lowest BCUT2D eigenvalue weighted by atomic mass is 9.98. The molecule has 26 heavy (non-hydrogen) atoms. The zero-order chi connectivity index (χ0) is 18.7. The second-order valence-electron chi connectivity index (χ2n) is 6.74. The molecule has 3 nitrogen and oxygen atoms in total. The first-order valence-electron chi connectivity index (χ1n) is 8.69. The van der Waals surface area contributed by atoms with E-state index in [4.69, 9.17) is 5.73 Å². The van der Waals surface area contributed by atoms with Crippen LogP contribution in [-0.4, -0.2) is 30.4 Å². The largest absolute Gasteiger partial charge is 0.338 e. The van der Waals surface area contributed by atoms with Crippen molar-refractivity contribution in [1.29, 1.82) is 0 Å². The van der Waals surface area contributed by atoms with Crippen LogP contribution in [0.3, 0.4) is 0 Å². The van der Waals surface area contributed by atoms with E-state index >= 15 is 0 Å². The molecule has 138 valence electrons. The minimum atomic E-state index is -0.607. The van der Waals surface area contributed by atoms with E-state index in [2.05, 4.69) is 0 Å². The monoisotopic (exact) mass is 362 g/mol. The predicted octanol–water partition coefficient (Wildman–Crippen LogP) is 3.31. The molecule has 0 spiro atoms. The summed E-state index contributed by atoms with van der Waals surface area (Å²) in [5, 5.41) is 0. The Kier molecular flexibility index (Phi) is 5.61. The maximum atomic E-state index is 14.1. The average molecular weight is 362 g/mol. The van der Waals surface area contributed by atoms with Gasteiger partial charge in [0, 0.05) is 19.2 Å². The highest BCUT2D eigenvalue weighted by Crippen LogP contribution is 2.24. The van der Waals surface area contributed by atoms with Gasteiger partial charge in [0.2, 0.25) is 0 Å². The van der Waals surface area contributed by atoms with E-state index in [-0.39, 0.29) is 17.4 Å². The minimum Gasteiger partial charge on any atom is -0.338 e. The SMILES string of the molecule is NCCc1ccc(F)c(C(=O)N2CCC(Cc3cc(F)cc(F)c3)C2)c1. The summed E-state index contributed by atoms with van der Waals surface area (Å²) in [6.45, 7) is 1.37. The molecule has 1 fully saturated rings. The fourth-order valence-electron chi connectivity index (χ4n) is 3.47. The molecule has 0 saturated carbocycles. The number of rotatable bonds is 5. The van der Waals surface area contributed by atoms with Gasteiger partial charge in [-0.1, -0.05) is 6.07 Å². The fourth-order valence-corrected chi connectivity index (χ4v) is 3.47. The normalized spacial score (nSPS) is 16.9. The van der Waals surface area contributed by atoms with Gasteiger partial charge >= 0.3 is 0 Å². The molecule has 1 atom stereocenters. The Hall–Kier alpha value is -2.34. The van der Waals surface area contributed by atoms with E-state index in [0.29, 0.717) is 44.5 Å². The molecule has 1 amide bonds. The van der Waals surface area contributed by atoms with Crippen molar-refractivity contribution in [3.05, 3.63) is 70.5 Å². The van der Waals surface area contributed by atoms with Crippen molar-refractivity contribution >= 4 is 5.91 Å². The van der Waals surface area contributed by atoms with Gasteiger partial charge in [-0.3, -0.25) is 4.79 Å². The molecule has 1 aliphatic heterocycles. The van der Waals surface area contributed by atoms with E-state index in [1.807, 2.05) is 0 Å². The lowest BCUT2D eigenvalue weighted by Gasteiger charge is -2.18. The number of carbonyl (C=O) groups excluding carboxylic acids is 1. The Morgan fingerprint density at radius 2 is 1.81 bits per heavy atom. The first-order valence-corrected chi connectivity index (χ1v) is 8.69. The summed E-state index contributed by atoms with van der Waals surface area (Å²) < 4.78 is 40.7. The smallest absolute Gasteiger partial charge is 0.256 e. The molecule has 0 radical (unpaired) electrons. The Bertz CT molecular complexity index is 789. The molecule has 1 unspecified atom stereocenters. The molecule has 6 heteroatoms. The van der Waals surface area contributed by atoms with Crippen LogP contribution in [-0.2, 0) is 12.8 Å². The van der Waals surface area contributed by atoms with Crippen LogP contribution < -0.4 is 5.73 Å². The molecule has 1 saturated heterocycles. The van der Waals surface area contributed by atoms with E-state index in [9.17, 15) is 18.0 Å². The van der Waals surface area contributed by atoms with Gasteiger partial charge in [0.1, 0.15) is 17.5 Å². The zero-order valence-electron chi connectivity index (χ0n) is 14.4. The molecule has 3 rings (SSSR count). The van der Waals surface area contributed by atoms with Gasteiger partial charge in [0.05, 0.1) is 5.56 Å². The average Bonchev–Trinajstić information content (AvgIpc) is 3.03. The molecule has 2 aromatic carbocycles. The Balaban J connectivity index is 1.68. The van der Waals surface area contributed by atoms with Crippen molar-refractivity contribution in [2.24, 2.45) is 11.7 Å². The van der Waals surface area contributed by atoms with Crippen molar-refractivity contribution in [2.45, 2.75) is 19.3 Å². The van der Waals surface area contributed by atoms with E-state index in [1.165, 1.54) is 18.2 Å². The summed E-state index contributed by atoms with van der Waals surface area (Å²) in [7, 11) is 0. The molecule has 1 aliphatic rings. The molecule has 2 N–H and O–H groups in total. The Morgan fingerprint density at radius 3 is 2.50 bits per heavy atom. The molecular weight excluding hydrogens is 341 g/mol. The number of hydrogen-bond acceptors (Lipinski definition) is 2. The third-order valence-electron chi connectivity index (χ3n) is 4.71. The second kappa shape index (κ2) is 7.91. The maximum absolute atomic E-state index is 14.1. The van der Waals surface area contributed by atoms with E-state index in [1.54, 1.807) is 17.0 Å². The van der Waals surface area contributed by atoms with Crippen molar-refractivity contribution < 1.29 is 18.0 Å². The first kappa shape index (κ1) is 18.5. The summed E-state index contributed by atoms with van der Waals surface area (Å²) >= 11 is 0. The van der Waals surface area contributed by atoms with Crippen molar-refractivity contribution in [3.8, 4) is 0 Å². The van der Waals surface area contributed by atoms with Crippen LogP contribution >= 0.6 is 0 Å². The Morgan fingerprint density at radius 1 is 1.08 bits per heavy atom. The van der Waals surface area contributed by atoms with Crippen LogP contribution in [0.1, 0.15) is 27.9 Å².